The van der Waals surface area contributed by atoms with E-state index >= 15 is 0 Å². The molecule has 0 aliphatic heterocycles. The van der Waals surface area contributed by atoms with Gasteiger partial charge in [-0.05, 0) is 101 Å². The second-order valence-corrected chi connectivity index (χ2v) is 16.8. The van der Waals surface area contributed by atoms with Gasteiger partial charge in [-0.25, -0.2) is 4.98 Å². The normalized spacial score (nSPS) is 12.1. The number of benzene rings is 4. The summed E-state index contributed by atoms with van der Waals surface area (Å²) < 4.78 is 11.0. The zero-order chi connectivity index (χ0) is 38.6. The average Bonchev–Trinajstić information content (AvgIpc) is 3.62. The van der Waals surface area contributed by atoms with Gasteiger partial charge in [0.25, 0.3) is 0 Å². The third kappa shape index (κ3) is 7.58. The van der Waals surface area contributed by atoms with Gasteiger partial charge in [-0.15, -0.1) is 41.3 Å². The van der Waals surface area contributed by atoms with E-state index in [1.807, 2.05) is 12.3 Å². The smallest absolute Gasteiger partial charge is 0.509 e. The van der Waals surface area contributed by atoms with E-state index in [2.05, 4.69) is 171 Å². The van der Waals surface area contributed by atoms with Crippen molar-refractivity contribution in [3.05, 3.63) is 130 Å². The monoisotopic (exact) mass is 909 g/mol. The molecule has 0 fully saturated rings. The fraction of sp³-hybridized carbons (Fsp3) is 0.347. The summed E-state index contributed by atoms with van der Waals surface area (Å²) in [5.41, 5.74) is 13.9. The van der Waals surface area contributed by atoms with Crippen LogP contribution in [0.15, 0.2) is 79.0 Å². The molecule has 0 spiro atoms. The van der Waals surface area contributed by atoms with Gasteiger partial charge < -0.3 is 9.30 Å². The van der Waals surface area contributed by atoms with Gasteiger partial charge >= 0.3 is 21.1 Å². The van der Waals surface area contributed by atoms with Crippen LogP contribution in [0.5, 0.6) is 11.5 Å². The van der Waals surface area contributed by atoms with E-state index in [1.54, 1.807) is 0 Å². The number of para-hydroxylation sites is 1. The molecule has 7 rings (SSSR count). The maximum atomic E-state index is 6.73. The van der Waals surface area contributed by atoms with Crippen LogP contribution in [0.2, 0.25) is 0 Å². The van der Waals surface area contributed by atoms with E-state index in [0.29, 0.717) is 29.3 Å². The van der Waals surface area contributed by atoms with Gasteiger partial charge in [-0.2, -0.15) is 11.2 Å². The van der Waals surface area contributed by atoms with Crippen LogP contribution in [0.25, 0.3) is 44.4 Å². The van der Waals surface area contributed by atoms with Crippen LogP contribution in [0, 0.1) is 26.0 Å². The van der Waals surface area contributed by atoms with Crippen molar-refractivity contribution >= 4 is 21.8 Å². The first kappa shape index (κ1) is 40.2. The molecule has 3 aromatic heterocycles. The molecule has 55 heavy (non-hydrogen) atoms. The number of fused-ring (bicyclic) bond motifs is 3. The van der Waals surface area contributed by atoms with Crippen LogP contribution in [0.3, 0.4) is 0 Å². The number of aromatic nitrogens is 4. The third-order valence-electron chi connectivity index (χ3n) is 10.8. The molecule has 0 saturated carbocycles. The summed E-state index contributed by atoms with van der Waals surface area (Å²) in [7, 11) is 0. The number of hydrogen-bond acceptors (Lipinski definition) is 3. The summed E-state index contributed by atoms with van der Waals surface area (Å²) in [5.74, 6) is 3.31. The molecule has 3 heterocycles. The Balaban J connectivity index is 0.00000514. The fourth-order valence-corrected chi connectivity index (χ4v) is 7.71. The van der Waals surface area contributed by atoms with Crippen molar-refractivity contribution in [3.8, 4) is 34.1 Å². The van der Waals surface area contributed by atoms with Gasteiger partial charge in [0.2, 0.25) is 0 Å². The fourth-order valence-electron chi connectivity index (χ4n) is 7.71. The topological polar surface area (TPSA) is 44.9 Å². The van der Waals surface area contributed by atoms with E-state index in [-0.39, 0.29) is 26.5 Å². The minimum absolute atomic E-state index is 0. The van der Waals surface area contributed by atoms with Crippen molar-refractivity contribution < 1.29 is 25.8 Å². The largest absolute Gasteiger partial charge is 2.00 e. The number of aryl methyl sites for hydroxylation is 2. The average molecular weight is 910 g/mol. The van der Waals surface area contributed by atoms with Gasteiger partial charge in [0.15, 0.2) is 0 Å². The van der Waals surface area contributed by atoms with Gasteiger partial charge in [0.1, 0.15) is 5.82 Å². The van der Waals surface area contributed by atoms with E-state index in [1.165, 1.54) is 33.4 Å². The van der Waals surface area contributed by atoms with Crippen LogP contribution in [0.4, 0.5) is 0 Å². The van der Waals surface area contributed by atoms with Crippen molar-refractivity contribution in [3.63, 3.8) is 0 Å². The summed E-state index contributed by atoms with van der Waals surface area (Å²) >= 11 is 0. The Kier molecular flexibility index (Phi) is 11.4. The first-order chi connectivity index (χ1) is 25.7. The predicted molar refractivity (Wildman–Crippen MR) is 225 cm³/mol. The number of hydrogen-bond donors (Lipinski definition) is 0. The van der Waals surface area contributed by atoms with Crippen molar-refractivity contribution in [1.29, 1.82) is 0 Å². The second kappa shape index (κ2) is 15.6. The van der Waals surface area contributed by atoms with Crippen LogP contribution < -0.4 is 4.74 Å². The molecule has 286 valence electrons. The van der Waals surface area contributed by atoms with Gasteiger partial charge in [0.05, 0.1) is 5.69 Å². The van der Waals surface area contributed by atoms with Crippen LogP contribution in [0.1, 0.15) is 126 Å². The summed E-state index contributed by atoms with van der Waals surface area (Å²) in [6.07, 6.45) is 2.83. The second-order valence-electron chi connectivity index (χ2n) is 16.8. The van der Waals surface area contributed by atoms with Crippen LogP contribution in [-0.2, 0) is 32.9 Å². The first-order valence-corrected chi connectivity index (χ1v) is 19.6. The number of pyridine rings is 1. The number of rotatable bonds is 9. The minimum Gasteiger partial charge on any atom is -0.509 e. The number of nitrogens with zero attached hydrogens (tertiary/aromatic N) is 4. The quantitative estimate of drug-likeness (QED) is 0.136. The van der Waals surface area contributed by atoms with E-state index in [4.69, 9.17) is 14.8 Å². The molecule has 0 saturated heterocycles. The Bertz CT molecular complexity index is 2480. The molecule has 0 N–H and O–H groups in total. The summed E-state index contributed by atoms with van der Waals surface area (Å²) in [6, 6.07) is 33.3. The van der Waals surface area contributed by atoms with E-state index < -0.39 is 0 Å². The third-order valence-corrected chi connectivity index (χ3v) is 10.8. The Morgan fingerprint density at radius 3 is 2.07 bits per heavy atom. The van der Waals surface area contributed by atoms with E-state index in [9.17, 15) is 0 Å². The Hall–Kier alpha value is -4.47. The molecule has 6 heteroatoms. The summed E-state index contributed by atoms with van der Waals surface area (Å²) in [5, 5.41) is 7.48. The Morgan fingerprint density at radius 1 is 0.745 bits per heavy atom. The van der Waals surface area contributed by atoms with Crippen LogP contribution in [-0.4, -0.2) is 19.3 Å². The first-order valence-electron chi connectivity index (χ1n) is 19.6. The minimum atomic E-state index is -0.140. The Labute approximate surface area is 342 Å². The summed E-state index contributed by atoms with van der Waals surface area (Å²) in [4.78, 5) is 4.79. The summed E-state index contributed by atoms with van der Waals surface area (Å²) in [6.45, 7) is 27.0. The maximum absolute atomic E-state index is 6.73. The zero-order valence-corrected chi connectivity index (χ0v) is 36.7. The molecule has 0 amide bonds. The van der Waals surface area contributed by atoms with Gasteiger partial charge in [0, 0.05) is 34.5 Å². The molecule has 0 aliphatic carbocycles. The van der Waals surface area contributed by atoms with Crippen molar-refractivity contribution in [2.24, 2.45) is 0 Å². The molecular formula is C49H54N4OPt. The van der Waals surface area contributed by atoms with Crippen molar-refractivity contribution in [1.82, 2.24) is 19.3 Å². The zero-order valence-electron chi connectivity index (χ0n) is 34.5. The molecule has 0 radical (unpaired) electrons. The van der Waals surface area contributed by atoms with E-state index in [0.717, 1.165) is 56.7 Å². The van der Waals surface area contributed by atoms with Crippen molar-refractivity contribution in [2.75, 3.05) is 0 Å². The molecule has 0 aliphatic rings. The molecule has 5 nitrogen and oxygen atoms in total. The molecule has 0 atom stereocenters. The van der Waals surface area contributed by atoms with Gasteiger partial charge in [-0.3, -0.25) is 4.68 Å². The molecule has 7 aromatic rings. The molecular weight excluding hydrogens is 856 g/mol. The van der Waals surface area contributed by atoms with Gasteiger partial charge in [-0.1, -0.05) is 105 Å². The number of ether oxygens (including phenoxy) is 1. The Morgan fingerprint density at radius 2 is 1.44 bits per heavy atom. The predicted octanol–water partition coefficient (Wildman–Crippen LogP) is 13.3. The SMILES string of the molecule is CCc1ccnc(-n2c3[c-]c(Oc4[c-]c(-n5nc(C)c(-c6c(C(C)C)cc(C(C)C)cc6C(C)C)c5C)cc(C(C)(C)C)c4)ccc3c3ccccc32)c1.[Pt+2]. The molecule has 4 aromatic carbocycles. The van der Waals surface area contributed by atoms with Crippen molar-refractivity contribution in [2.45, 2.75) is 113 Å². The molecule has 0 unspecified atom stereocenters. The standard InChI is InChI=1S/C49H54N4O.Pt/c1-13-34-20-21-50-46(22-34)52-44-17-15-14-16-40(44)41-19-18-38(28-45(41)52)54-39-26-36(49(10,11)12)25-37(27-39)53-33(9)47(32(8)51-53)48-42(30(4)5)23-35(29(2)3)24-43(48)31(6)7;/h14-26,29-31H,13H2,1-12H3;/q-2;+2. The van der Waals surface area contributed by atoms with Crippen LogP contribution >= 0.6 is 0 Å². The molecule has 0 bridgehead atoms. The maximum Gasteiger partial charge on any atom is 2.00 e.